The van der Waals surface area contributed by atoms with Crippen molar-refractivity contribution in [2.24, 2.45) is 33.5 Å². The van der Waals surface area contributed by atoms with Gasteiger partial charge in [-0.15, -0.1) is 0 Å². The van der Waals surface area contributed by atoms with Crippen LogP contribution in [0.5, 0.6) is 0 Å². The van der Waals surface area contributed by atoms with Crippen LogP contribution in [0.1, 0.15) is 85.5 Å². The van der Waals surface area contributed by atoms with Crippen LogP contribution in [0.3, 0.4) is 0 Å². The molecule has 4 fully saturated rings. The first kappa shape index (κ1) is 18.3. The van der Waals surface area contributed by atoms with E-state index in [4.69, 9.17) is 4.74 Å². The Balaban J connectivity index is 1.69. The van der Waals surface area contributed by atoms with E-state index in [0.717, 1.165) is 57.8 Å². The van der Waals surface area contributed by atoms with Crippen molar-refractivity contribution in [1.82, 2.24) is 0 Å². The first-order valence-corrected chi connectivity index (χ1v) is 10.5. The Labute approximate surface area is 157 Å². The fraction of sp³-hybridized carbons (Fsp3) is 0.909. The highest BCUT2D eigenvalue weighted by atomic mass is 16.5. The molecule has 0 saturated heterocycles. The molecule has 4 nitrogen and oxygen atoms in total. The lowest BCUT2D eigenvalue weighted by Crippen LogP contribution is -2.58. The Kier molecular flexibility index (Phi) is 3.86. The van der Waals surface area contributed by atoms with Gasteiger partial charge in [0.1, 0.15) is 6.10 Å². The van der Waals surface area contributed by atoms with Crippen molar-refractivity contribution in [2.75, 3.05) is 0 Å². The fourth-order valence-corrected chi connectivity index (χ4v) is 8.35. The Morgan fingerprint density at radius 1 is 1.00 bits per heavy atom. The number of hydrogen-bond donors (Lipinski definition) is 1. The third-order valence-corrected chi connectivity index (χ3v) is 9.37. The summed E-state index contributed by atoms with van der Waals surface area (Å²) in [6.07, 6.45) is 9.55. The van der Waals surface area contributed by atoms with Gasteiger partial charge in [-0.25, -0.2) is 0 Å². The van der Waals surface area contributed by atoms with Crippen molar-refractivity contribution < 1.29 is 19.4 Å². The molecule has 4 saturated carbocycles. The van der Waals surface area contributed by atoms with Crippen LogP contribution < -0.4 is 0 Å². The minimum absolute atomic E-state index is 0.0413. The first-order chi connectivity index (χ1) is 12.1. The van der Waals surface area contributed by atoms with Crippen molar-refractivity contribution in [3.8, 4) is 0 Å². The van der Waals surface area contributed by atoms with Crippen LogP contribution in [0, 0.1) is 33.5 Å². The summed E-state index contributed by atoms with van der Waals surface area (Å²) in [7, 11) is 0. The van der Waals surface area contributed by atoms with Crippen LogP contribution in [-0.2, 0) is 14.3 Å². The molecule has 4 heteroatoms. The number of carbonyl (C=O) groups is 2. The molecule has 0 aromatic heterocycles. The van der Waals surface area contributed by atoms with E-state index in [1.165, 1.54) is 6.92 Å². The standard InChI is InChI=1S/C22H34O4/c1-14(23)26-17-12-22-11-7-15-20(3,8-5-9-21(15,4)18(24)25)16(22)6-10-19(17,2)13-22/h15-17H,5-13H2,1-4H3,(H,24,25)/t15-,16-,17+,19-,20+,21+,22-/m0/s1. The Hall–Kier alpha value is -1.06. The van der Waals surface area contributed by atoms with E-state index in [1.807, 2.05) is 6.92 Å². The van der Waals surface area contributed by atoms with Crippen LogP contribution >= 0.6 is 0 Å². The van der Waals surface area contributed by atoms with Gasteiger partial charge in [-0.2, -0.15) is 0 Å². The summed E-state index contributed by atoms with van der Waals surface area (Å²) in [5, 5.41) is 10.0. The number of hydrogen-bond acceptors (Lipinski definition) is 3. The summed E-state index contributed by atoms with van der Waals surface area (Å²) in [5.41, 5.74) is -0.120. The molecule has 0 aromatic rings. The van der Waals surface area contributed by atoms with Gasteiger partial charge in [0.25, 0.3) is 0 Å². The molecule has 4 aliphatic carbocycles. The smallest absolute Gasteiger partial charge is 0.309 e. The van der Waals surface area contributed by atoms with Crippen LogP contribution in [0.2, 0.25) is 0 Å². The number of aliphatic carboxylic acids is 1. The molecule has 0 aliphatic heterocycles. The van der Waals surface area contributed by atoms with Gasteiger partial charge in [-0.3, -0.25) is 9.59 Å². The zero-order valence-electron chi connectivity index (χ0n) is 16.8. The third kappa shape index (κ3) is 2.26. The molecule has 26 heavy (non-hydrogen) atoms. The Bertz CT molecular complexity index is 644. The average Bonchev–Trinajstić information content (AvgIpc) is 2.72. The summed E-state index contributed by atoms with van der Waals surface area (Å²) in [6, 6.07) is 0. The van der Waals surface area contributed by atoms with Gasteiger partial charge < -0.3 is 9.84 Å². The maximum atomic E-state index is 12.2. The fourth-order valence-electron chi connectivity index (χ4n) is 8.35. The molecule has 4 rings (SSSR count). The third-order valence-electron chi connectivity index (χ3n) is 9.37. The molecule has 146 valence electrons. The summed E-state index contributed by atoms with van der Waals surface area (Å²) >= 11 is 0. The average molecular weight is 363 g/mol. The number of carboxylic acids is 1. The molecule has 0 unspecified atom stereocenters. The summed E-state index contributed by atoms with van der Waals surface area (Å²) in [5.74, 6) is 0.0809. The SMILES string of the molecule is CC(=O)O[C@@H]1C[C@]23CC[C@H]4[C@@](C)(CCC[C@@]4(C)C(=O)O)[C@@H]2CC[C@@]1(C)C3. The highest BCUT2D eigenvalue weighted by Crippen LogP contribution is 2.74. The molecule has 0 heterocycles. The highest BCUT2D eigenvalue weighted by Gasteiger charge is 2.68. The van der Waals surface area contributed by atoms with E-state index in [0.29, 0.717) is 5.92 Å². The van der Waals surface area contributed by atoms with E-state index in [9.17, 15) is 14.7 Å². The van der Waals surface area contributed by atoms with Crippen LogP contribution in [-0.4, -0.2) is 23.1 Å². The number of fused-ring (bicyclic) bond motifs is 3. The van der Waals surface area contributed by atoms with Crippen molar-refractivity contribution in [1.29, 1.82) is 0 Å². The molecule has 7 atom stereocenters. The largest absolute Gasteiger partial charge is 0.481 e. The monoisotopic (exact) mass is 362 g/mol. The molecular weight excluding hydrogens is 328 g/mol. The first-order valence-electron chi connectivity index (χ1n) is 10.5. The van der Waals surface area contributed by atoms with E-state index in [1.54, 1.807) is 0 Å². The maximum absolute atomic E-state index is 12.2. The minimum Gasteiger partial charge on any atom is -0.481 e. The Morgan fingerprint density at radius 2 is 1.69 bits per heavy atom. The number of rotatable bonds is 2. The van der Waals surface area contributed by atoms with Gasteiger partial charge in [0.05, 0.1) is 5.41 Å². The van der Waals surface area contributed by atoms with Gasteiger partial charge in [0.15, 0.2) is 0 Å². The lowest BCUT2D eigenvalue weighted by Gasteiger charge is -2.63. The summed E-state index contributed by atoms with van der Waals surface area (Å²) < 4.78 is 5.79. The zero-order valence-corrected chi connectivity index (χ0v) is 16.8. The second-order valence-corrected chi connectivity index (χ2v) is 10.8. The minimum atomic E-state index is -0.603. The Morgan fingerprint density at radius 3 is 2.35 bits per heavy atom. The van der Waals surface area contributed by atoms with Crippen LogP contribution in [0.4, 0.5) is 0 Å². The molecule has 0 amide bonds. The van der Waals surface area contributed by atoms with Gasteiger partial charge in [0.2, 0.25) is 0 Å². The maximum Gasteiger partial charge on any atom is 0.309 e. The number of carbonyl (C=O) groups excluding carboxylic acids is 1. The van der Waals surface area contributed by atoms with Crippen molar-refractivity contribution >= 4 is 11.9 Å². The lowest BCUT2D eigenvalue weighted by molar-refractivity contribution is -0.182. The number of carboxylic acid groups (broad SMARTS) is 1. The quantitative estimate of drug-likeness (QED) is 0.716. The molecule has 0 radical (unpaired) electrons. The molecular formula is C22H34O4. The zero-order chi connectivity index (χ0) is 19.0. The van der Waals surface area contributed by atoms with Crippen LogP contribution in [0.15, 0.2) is 0 Å². The lowest BCUT2D eigenvalue weighted by atomic mass is 9.40. The molecule has 0 aromatic carbocycles. The second-order valence-electron chi connectivity index (χ2n) is 10.8. The predicted molar refractivity (Wildman–Crippen MR) is 98.5 cm³/mol. The van der Waals surface area contributed by atoms with Crippen molar-refractivity contribution in [3.05, 3.63) is 0 Å². The molecule has 1 spiro atoms. The number of ether oxygens (including phenoxy) is 1. The molecule has 4 aliphatic rings. The summed E-state index contributed by atoms with van der Waals surface area (Å²) in [4.78, 5) is 23.8. The molecule has 1 N–H and O–H groups in total. The van der Waals surface area contributed by atoms with E-state index < -0.39 is 11.4 Å². The number of esters is 1. The van der Waals surface area contributed by atoms with Gasteiger partial charge in [-0.05, 0) is 81.0 Å². The van der Waals surface area contributed by atoms with E-state index >= 15 is 0 Å². The van der Waals surface area contributed by atoms with Gasteiger partial charge in [-0.1, -0.05) is 20.3 Å². The van der Waals surface area contributed by atoms with Gasteiger partial charge in [0, 0.05) is 12.3 Å². The highest BCUT2D eigenvalue weighted by molar-refractivity contribution is 5.75. The predicted octanol–water partition coefficient (Wildman–Crippen LogP) is 4.81. The van der Waals surface area contributed by atoms with E-state index in [2.05, 4.69) is 13.8 Å². The van der Waals surface area contributed by atoms with Gasteiger partial charge >= 0.3 is 11.9 Å². The normalized spacial score (nSPS) is 52.7. The van der Waals surface area contributed by atoms with E-state index in [-0.39, 0.29) is 34.2 Å². The second kappa shape index (κ2) is 5.48. The van der Waals surface area contributed by atoms with Crippen molar-refractivity contribution in [2.45, 2.75) is 91.6 Å². The topological polar surface area (TPSA) is 63.6 Å². The summed E-state index contributed by atoms with van der Waals surface area (Å²) in [6.45, 7) is 8.23. The molecule has 2 bridgehead atoms. The van der Waals surface area contributed by atoms with Crippen LogP contribution in [0.25, 0.3) is 0 Å². The van der Waals surface area contributed by atoms with Crippen molar-refractivity contribution in [3.63, 3.8) is 0 Å².